The summed E-state index contributed by atoms with van der Waals surface area (Å²) in [4.78, 5) is 32.8. The number of rotatable bonds is 3. The van der Waals surface area contributed by atoms with Gasteiger partial charge in [0.25, 0.3) is 5.56 Å². The van der Waals surface area contributed by atoms with Crippen LogP contribution in [0.3, 0.4) is 0 Å². The Hall–Kier alpha value is -3.98. The van der Waals surface area contributed by atoms with Crippen molar-refractivity contribution in [1.29, 1.82) is 0 Å². The van der Waals surface area contributed by atoms with Gasteiger partial charge in [0, 0.05) is 29.6 Å². The van der Waals surface area contributed by atoms with Crippen LogP contribution >= 0.6 is 11.3 Å². The maximum absolute atomic E-state index is 13.8. The fourth-order valence-electron chi connectivity index (χ4n) is 4.88. The van der Waals surface area contributed by atoms with Crippen LogP contribution in [0, 0.1) is 12.8 Å². The lowest BCUT2D eigenvalue weighted by molar-refractivity contribution is -0.131. The molecule has 1 N–H and O–H groups in total. The van der Waals surface area contributed by atoms with Gasteiger partial charge in [-0.05, 0) is 38.1 Å². The van der Waals surface area contributed by atoms with Gasteiger partial charge in [0.1, 0.15) is 11.7 Å². The molecule has 3 unspecified atom stereocenters. The van der Waals surface area contributed by atoms with Gasteiger partial charge in [0.2, 0.25) is 11.6 Å². The number of ether oxygens (including phenoxy) is 1. The Balaban J connectivity index is 1.55. The number of hydrogen-bond acceptors (Lipinski definition) is 6. The summed E-state index contributed by atoms with van der Waals surface area (Å²) in [5.74, 6) is -0.366. The summed E-state index contributed by atoms with van der Waals surface area (Å²) in [5, 5.41) is 7.27. The van der Waals surface area contributed by atoms with Crippen LogP contribution in [0.15, 0.2) is 70.6 Å². The van der Waals surface area contributed by atoms with Crippen LogP contribution in [-0.2, 0) is 11.8 Å². The number of anilines is 1. The number of nitrogens with one attached hydrogen (secondary N) is 1. The number of benzene rings is 2. The molecule has 2 bridgehead atoms. The molecule has 0 saturated heterocycles. The third kappa shape index (κ3) is 3.34. The van der Waals surface area contributed by atoms with Gasteiger partial charge in [-0.25, -0.2) is 4.99 Å². The number of hydrogen-bond donors (Lipinski definition) is 1. The Morgan fingerprint density at radius 3 is 2.66 bits per heavy atom. The quantitative estimate of drug-likeness (QED) is 0.482. The molecule has 0 fully saturated rings. The van der Waals surface area contributed by atoms with E-state index in [9.17, 15) is 9.59 Å². The molecule has 4 heterocycles. The third-order valence-electron chi connectivity index (χ3n) is 6.76. The normalized spacial score (nSPS) is 22.5. The minimum atomic E-state index is -1.17. The molecule has 2 aromatic carbocycles. The van der Waals surface area contributed by atoms with E-state index in [0.29, 0.717) is 20.8 Å². The molecule has 35 heavy (non-hydrogen) atoms. The van der Waals surface area contributed by atoms with E-state index in [1.54, 1.807) is 15.4 Å². The van der Waals surface area contributed by atoms with Crippen LogP contribution in [-0.4, -0.2) is 26.0 Å². The fraction of sp³-hybridized carbons (Fsp3) is 0.231. The SMILES string of the molecule is Cc1c(/C=c2\sc3n(c2=O)C2c4ccccc4OC(C)(N=3)C2C(=O)Nc2ccccc2)cnn1C. The summed E-state index contributed by atoms with van der Waals surface area (Å²) in [6.45, 7) is 3.77. The summed E-state index contributed by atoms with van der Waals surface area (Å²) in [5.41, 5.74) is 1.94. The number of fused-ring (bicyclic) bond motifs is 6. The van der Waals surface area contributed by atoms with Crippen LogP contribution in [0.1, 0.15) is 29.8 Å². The van der Waals surface area contributed by atoms with Gasteiger partial charge in [-0.1, -0.05) is 47.7 Å². The lowest BCUT2D eigenvalue weighted by Gasteiger charge is -2.45. The van der Waals surface area contributed by atoms with E-state index >= 15 is 0 Å². The number of aromatic nitrogens is 3. The third-order valence-corrected chi connectivity index (χ3v) is 7.75. The smallest absolute Gasteiger partial charge is 0.270 e. The molecule has 0 saturated carbocycles. The van der Waals surface area contributed by atoms with Gasteiger partial charge < -0.3 is 10.1 Å². The van der Waals surface area contributed by atoms with Crippen LogP contribution in [0.4, 0.5) is 5.69 Å². The van der Waals surface area contributed by atoms with Crippen LogP contribution in [0.5, 0.6) is 5.75 Å². The van der Waals surface area contributed by atoms with E-state index in [2.05, 4.69) is 10.4 Å². The predicted molar refractivity (Wildman–Crippen MR) is 133 cm³/mol. The van der Waals surface area contributed by atoms with Crippen molar-refractivity contribution in [2.24, 2.45) is 18.0 Å². The molecule has 3 atom stereocenters. The first-order valence-corrected chi connectivity index (χ1v) is 12.1. The second kappa shape index (κ2) is 7.78. The standard InChI is InChI=1S/C26H23N5O3S/c1-15-16(14-27-30(15)3)13-20-24(33)31-22-18-11-7-8-12-19(18)34-26(2,29-25(31)35-20)21(22)23(32)28-17-9-5-4-6-10-17/h4-14,21-22H,1-3H3,(H,28,32)/b20-13-. The highest BCUT2D eigenvalue weighted by Gasteiger charge is 2.55. The molecule has 1 amide bonds. The molecule has 0 aliphatic carbocycles. The molecule has 2 aromatic heterocycles. The van der Waals surface area contributed by atoms with Gasteiger partial charge in [-0.3, -0.25) is 18.8 Å². The van der Waals surface area contributed by atoms with Gasteiger partial charge in [0.15, 0.2) is 4.80 Å². The molecule has 0 spiro atoms. The van der Waals surface area contributed by atoms with Crippen molar-refractivity contribution in [2.45, 2.75) is 25.6 Å². The zero-order valence-corrected chi connectivity index (χ0v) is 20.2. The zero-order valence-electron chi connectivity index (χ0n) is 19.4. The average Bonchev–Trinajstić information content (AvgIpc) is 3.31. The molecule has 8 nitrogen and oxygen atoms in total. The topological polar surface area (TPSA) is 90.5 Å². The minimum absolute atomic E-state index is 0.182. The minimum Gasteiger partial charge on any atom is -0.465 e. The van der Waals surface area contributed by atoms with Crippen molar-refractivity contribution in [2.75, 3.05) is 5.32 Å². The molecule has 2 aliphatic heterocycles. The number of amides is 1. The highest BCUT2D eigenvalue weighted by Crippen LogP contribution is 2.47. The summed E-state index contributed by atoms with van der Waals surface area (Å²) >= 11 is 1.30. The van der Waals surface area contributed by atoms with Crippen molar-refractivity contribution in [3.05, 3.63) is 97.3 Å². The number of carbonyl (C=O) groups excluding carboxylic acids is 1. The largest absolute Gasteiger partial charge is 0.465 e. The molecule has 0 radical (unpaired) electrons. The van der Waals surface area contributed by atoms with Crippen LogP contribution in [0.25, 0.3) is 6.08 Å². The van der Waals surface area contributed by atoms with E-state index in [-0.39, 0.29) is 11.5 Å². The van der Waals surface area contributed by atoms with E-state index in [0.717, 1.165) is 16.8 Å². The lowest BCUT2D eigenvalue weighted by atomic mass is 9.80. The first-order valence-electron chi connectivity index (χ1n) is 11.3. The number of carbonyl (C=O) groups is 1. The Labute approximate surface area is 204 Å². The molecular formula is C26H23N5O3S. The maximum atomic E-state index is 13.8. The molecule has 6 rings (SSSR count). The Bertz CT molecular complexity index is 1650. The van der Waals surface area contributed by atoms with Crippen molar-refractivity contribution in [3.8, 4) is 5.75 Å². The van der Waals surface area contributed by atoms with E-state index in [4.69, 9.17) is 9.73 Å². The van der Waals surface area contributed by atoms with Crippen LogP contribution in [0.2, 0.25) is 0 Å². The second-order valence-electron chi connectivity index (χ2n) is 8.96. The number of para-hydroxylation sites is 2. The summed E-state index contributed by atoms with van der Waals surface area (Å²) < 4.78 is 10.3. The van der Waals surface area contributed by atoms with Crippen molar-refractivity contribution < 1.29 is 9.53 Å². The maximum Gasteiger partial charge on any atom is 0.270 e. The molecule has 4 aromatic rings. The summed E-state index contributed by atoms with van der Waals surface area (Å²) in [6, 6.07) is 16.3. The van der Waals surface area contributed by atoms with E-state index < -0.39 is 17.7 Å². The molecule has 9 heteroatoms. The Morgan fingerprint density at radius 2 is 1.91 bits per heavy atom. The molecule has 176 valence electrons. The summed E-state index contributed by atoms with van der Waals surface area (Å²) in [7, 11) is 1.86. The van der Waals surface area contributed by atoms with Gasteiger partial charge in [0.05, 0.1) is 16.8 Å². The van der Waals surface area contributed by atoms with Crippen molar-refractivity contribution in [3.63, 3.8) is 0 Å². The number of thiazole rings is 1. The van der Waals surface area contributed by atoms with E-state index in [1.807, 2.05) is 81.6 Å². The Kier molecular flexibility index (Phi) is 4.79. The second-order valence-corrected chi connectivity index (χ2v) is 9.97. The van der Waals surface area contributed by atoms with Gasteiger partial charge >= 0.3 is 0 Å². The highest BCUT2D eigenvalue weighted by molar-refractivity contribution is 7.07. The summed E-state index contributed by atoms with van der Waals surface area (Å²) in [6.07, 6.45) is 3.58. The van der Waals surface area contributed by atoms with Crippen molar-refractivity contribution >= 4 is 29.0 Å². The average molecular weight is 486 g/mol. The fourth-order valence-corrected chi connectivity index (χ4v) is 5.97. The van der Waals surface area contributed by atoms with E-state index in [1.165, 1.54) is 11.3 Å². The predicted octanol–water partition coefficient (Wildman–Crippen LogP) is 2.37. The molecule has 2 aliphatic rings. The van der Waals surface area contributed by atoms with Gasteiger partial charge in [-0.15, -0.1) is 0 Å². The number of nitrogens with zero attached hydrogens (tertiary/aromatic N) is 4. The van der Waals surface area contributed by atoms with Gasteiger partial charge in [-0.2, -0.15) is 5.10 Å². The first-order chi connectivity index (χ1) is 16.9. The Morgan fingerprint density at radius 1 is 1.17 bits per heavy atom. The monoisotopic (exact) mass is 485 g/mol. The highest BCUT2D eigenvalue weighted by atomic mass is 32.1. The lowest BCUT2D eigenvalue weighted by Crippen LogP contribution is -2.59. The number of aryl methyl sites for hydroxylation is 1. The van der Waals surface area contributed by atoms with Crippen molar-refractivity contribution in [1.82, 2.24) is 14.3 Å². The van der Waals surface area contributed by atoms with Crippen LogP contribution < -0.4 is 24.9 Å². The zero-order chi connectivity index (χ0) is 24.3. The first kappa shape index (κ1) is 21.5. The molecular weight excluding hydrogens is 462 g/mol.